The third kappa shape index (κ3) is 4.77. The molecule has 0 radical (unpaired) electrons. The second-order valence-electron chi connectivity index (χ2n) is 7.19. The van der Waals surface area contributed by atoms with Crippen molar-refractivity contribution in [3.63, 3.8) is 0 Å². The highest BCUT2D eigenvalue weighted by Gasteiger charge is 2.32. The first-order valence-electron chi connectivity index (χ1n) is 9.59. The minimum Gasteiger partial charge on any atom is -0.467 e. The van der Waals surface area contributed by atoms with Gasteiger partial charge in [-0.05, 0) is 23.6 Å². The van der Waals surface area contributed by atoms with E-state index in [0.29, 0.717) is 18.7 Å². The number of benzene rings is 1. The fraction of sp³-hybridized carbons (Fsp3) is 0.429. The van der Waals surface area contributed by atoms with Crippen LogP contribution < -0.4 is 16.0 Å². The molecule has 0 aliphatic carbocycles. The number of furan rings is 1. The van der Waals surface area contributed by atoms with Gasteiger partial charge in [0.15, 0.2) is 6.04 Å². The van der Waals surface area contributed by atoms with Gasteiger partial charge < -0.3 is 20.4 Å². The van der Waals surface area contributed by atoms with Gasteiger partial charge >= 0.3 is 0 Å². The molecule has 0 spiro atoms. The predicted molar refractivity (Wildman–Crippen MR) is 102 cm³/mol. The van der Waals surface area contributed by atoms with Gasteiger partial charge in [-0.15, -0.1) is 0 Å². The van der Waals surface area contributed by atoms with Crippen LogP contribution in [0.15, 0.2) is 47.1 Å². The molecule has 0 saturated carbocycles. The average molecular weight is 370 g/mol. The van der Waals surface area contributed by atoms with E-state index in [9.17, 15) is 9.59 Å². The van der Waals surface area contributed by atoms with E-state index < -0.39 is 6.04 Å². The zero-order valence-electron chi connectivity index (χ0n) is 15.9. The van der Waals surface area contributed by atoms with Gasteiger partial charge in [0.25, 0.3) is 5.91 Å². The number of carbonyl (C=O) groups is 2. The second-order valence-corrected chi connectivity index (χ2v) is 7.19. The van der Waals surface area contributed by atoms with Crippen molar-refractivity contribution in [1.29, 1.82) is 0 Å². The Bertz CT molecular complexity index is 773. The Balaban J connectivity index is 1.62. The molecule has 2 aromatic rings. The molecule has 0 saturated heterocycles. The van der Waals surface area contributed by atoms with Gasteiger partial charge in [-0.25, -0.2) is 0 Å². The molecule has 144 valence electrons. The Morgan fingerprint density at radius 1 is 1.22 bits per heavy atom. The van der Waals surface area contributed by atoms with Crippen molar-refractivity contribution in [3.8, 4) is 0 Å². The Labute approximate surface area is 159 Å². The van der Waals surface area contributed by atoms with Gasteiger partial charge in [0, 0.05) is 12.0 Å². The number of quaternary nitrogens is 1. The SMILES string of the molecule is CC[C@@H](C)[C@H](NC(=O)[C@@H]1Cc2ccccc2C[NH2+]1)C(=O)NCc1ccco1. The summed E-state index contributed by atoms with van der Waals surface area (Å²) in [4.78, 5) is 25.5. The molecule has 3 atom stereocenters. The topological polar surface area (TPSA) is 88.0 Å². The van der Waals surface area contributed by atoms with Crippen molar-refractivity contribution in [2.75, 3.05) is 0 Å². The van der Waals surface area contributed by atoms with Crippen molar-refractivity contribution >= 4 is 11.8 Å². The van der Waals surface area contributed by atoms with Gasteiger partial charge in [0.1, 0.15) is 18.3 Å². The molecule has 3 rings (SSSR count). The number of nitrogens with one attached hydrogen (secondary N) is 2. The Hall–Kier alpha value is -2.60. The highest BCUT2D eigenvalue weighted by molar-refractivity contribution is 5.89. The average Bonchev–Trinajstić information content (AvgIpc) is 3.22. The predicted octanol–water partition coefficient (Wildman–Crippen LogP) is 1.12. The van der Waals surface area contributed by atoms with E-state index in [-0.39, 0.29) is 23.8 Å². The molecular weight excluding hydrogens is 342 g/mol. The van der Waals surface area contributed by atoms with Crippen LogP contribution in [0.2, 0.25) is 0 Å². The summed E-state index contributed by atoms with van der Waals surface area (Å²) in [6, 6.07) is 11.0. The minimum absolute atomic E-state index is 0.0430. The first-order chi connectivity index (χ1) is 13.1. The zero-order chi connectivity index (χ0) is 19.2. The fourth-order valence-electron chi connectivity index (χ4n) is 3.40. The van der Waals surface area contributed by atoms with Gasteiger partial charge in [-0.3, -0.25) is 9.59 Å². The highest BCUT2D eigenvalue weighted by atomic mass is 16.3. The summed E-state index contributed by atoms with van der Waals surface area (Å²) in [5.74, 6) is 0.476. The molecule has 6 heteroatoms. The fourth-order valence-corrected chi connectivity index (χ4v) is 3.40. The maximum atomic E-state index is 12.8. The van der Waals surface area contributed by atoms with Crippen molar-refractivity contribution < 1.29 is 19.3 Å². The van der Waals surface area contributed by atoms with Gasteiger partial charge in [-0.2, -0.15) is 0 Å². The largest absolute Gasteiger partial charge is 0.467 e. The lowest BCUT2D eigenvalue weighted by Crippen LogP contribution is -2.93. The zero-order valence-corrected chi connectivity index (χ0v) is 15.9. The second kappa shape index (κ2) is 8.86. The summed E-state index contributed by atoms with van der Waals surface area (Å²) in [6.45, 7) is 5.11. The molecule has 1 aromatic carbocycles. The maximum Gasteiger partial charge on any atom is 0.279 e. The number of carbonyl (C=O) groups excluding carboxylic acids is 2. The first-order valence-corrected chi connectivity index (χ1v) is 9.59. The van der Waals surface area contributed by atoms with Gasteiger partial charge in [0.2, 0.25) is 5.91 Å². The molecule has 0 fully saturated rings. The smallest absolute Gasteiger partial charge is 0.279 e. The number of fused-ring (bicyclic) bond motifs is 1. The van der Waals surface area contributed by atoms with Gasteiger partial charge in [-0.1, -0.05) is 44.5 Å². The van der Waals surface area contributed by atoms with Crippen LogP contribution in [0.1, 0.15) is 37.2 Å². The summed E-state index contributed by atoms with van der Waals surface area (Å²) in [6.07, 6.45) is 3.06. The van der Waals surface area contributed by atoms with Crippen LogP contribution >= 0.6 is 0 Å². The maximum absolute atomic E-state index is 12.8. The molecule has 4 N–H and O–H groups in total. The summed E-state index contributed by atoms with van der Waals surface area (Å²) >= 11 is 0. The van der Waals surface area contributed by atoms with Crippen molar-refractivity contribution in [2.24, 2.45) is 5.92 Å². The summed E-state index contributed by atoms with van der Waals surface area (Å²) in [5, 5.41) is 7.90. The van der Waals surface area contributed by atoms with E-state index in [1.165, 1.54) is 11.1 Å². The summed E-state index contributed by atoms with van der Waals surface area (Å²) < 4.78 is 5.25. The van der Waals surface area contributed by atoms with E-state index in [1.807, 2.05) is 37.4 Å². The molecule has 2 heterocycles. The Kier molecular flexibility index (Phi) is 6.29. The van der Waals surface area contributed by atoms with E-state index in [0.717, 1.165) is 13.0 Å². The molecule has 1 aromatic heterocycles. The molecule has 27 heavy (non-hydrogen) atoms. The standard InChI is InChI=1S/C21H27N3O3/c1-3-14(2)19(21(26)23-13-17-9-6-10-27-17)24-20(25)18-11-15-7-4-5-8-16(15)12-22-18/h4-10,14,18-19,22H,3,11-13H2,1-2H3,(H,23,26)(H,24,25)/p+1/t14-,18+,19+/m1/s1. The summed E-state index contributed by atoms with van der Waals surface area (Å²) in [5.41, 5.74) is 2.48. The number of nitrogens with two attached hydrogens (primary N) is 1. The lowest BCUT2D eigenvalue weighted by atomic mass is 9.94. The molecular formula is C21H28N3O3+. The van der Waals surface area contributed by atoms with Crippen LogP contribution in [0, 0.1) is 5.92 Å². The van der Waals surface area contributed by atoms with E-state index >= 15 is 0 Å². The van der Waals surface area contributed by atoms with E-state index in [1.54, 1.807) is 12.3 Å². The van der Waals surface area contributed by atoms with Crippen LogP contribution in [0.3, 0.4) is 0 Å². The molecule has 0 unspecified atom stereocenters. The number of hydrogen-bond acceptors (Lipinski definition) is 3. The highest BCUT2D eigenvalue weighted by Crippen LogP contribution is 2.14. The molecule has 1 aliphatic heterocycles. The van der Waals surface area contributed by atoms with Crippen LogP contribution in [0.25, 0.3) is 0 Å². The molecule has 0 bridgehead atoms. The quantitative estimate of drug-likeness (QED) is 0.682. The lowest BCUT2D eigenvalue weighted by Gasteiger charge is -2.27. The molecule has 1 aliphatic rings. The van der Waals surface area contributed by atoms with Crippen LogP contribution in [-0.4, -0.2) is 23.9 Å². The van der Waals surface area contributed by atoms with Crippen molar-refractivity contribution in [3.05, 3.63) is 59.5 Å². The third-order valence-electron chi connectivity index (χ3n) is 5.33. The molecule has 6 nitrogen and oxygen atoms in total. The van der Waals surface area contributed by atoms with Crippen LogP contribution in [0.5, 0.6) is 0 Å². The van der Waals surface area contributed by atoms with Gasteiger partial charge in [0.05, 0.1) is 12.8 Å². The van der Waals surface area contributed by atoms with Crippen LogP contribution in [0.4, 0.5) is 0 Å². The first kappa shape index (κ1) is 19.2. The molecule has 2 amide bonds. The Morgan fingerprint density at radius 2 is 2.00 bits per heavy atom. The Morgan fingerprint density at radius 3 is 2.70 bits per heavy atom. The minimum atomic E-state index is -0.553. The number of rotatable bonds is 7. The van der Waals surface area contributed by atoms with E-state index in [2.05, 4.69) is 22.8 Å². The normalized spacial score (nSPS) is 18.2. The van der Waals surface area contributed by atoms with Crippen molar-refractivity contribution in [1.82, 2.24) is 10.6 Å². The van der Waals surface area contributed by atoms with E-state index in [4.69, 9.17) is 4.42 Å². The van der Waals surface area contributed by atoms with Crippen molar-refractivity contribution in [2.45, 2.75) is 51.9 Å². The summed E-state index contributed by atoms with van der Waals surface area (Å²) in [7, 11) is 0. The van der Waals surface area contributed by atoms with Crippen LogP contribution in [-0.2, 0) is 29.1 Å². The third-order valence-corrected chi connectivity index (χ3v) is 5.33. The number of amides is 2. The number of hydrogen-bond donors (Lipinski definition) is 3. The monoisotopic (exact) mass is 370 g/mol. The lowest BCUT2D eigenvalue weighted by molar-refractivity contribution is -0.695.